The predicted octanol–water partition coefficient (Wildman–Crippen LogP) is 3.68. The van der Waals surface area contributed by atoms with Crippen LogP contribution in [0.2, 0.25) is 0 Å². The third kappa shape index (κ3) is 4.70. The number of carbonyl (C=O) groups excluding carboxylic acids is 2. The second-order valence-corrected chi connectivity index (χ2v) is 9.14. The van der Waals surface area contributed by atoms with E-state index in [9.17, 15) is 9.59 Å². The largest absolute Gasteiger partial charge is 0.385 e. The summed E-state index contributed by atoms with van der Waals surface area (Å²) < 4.78 is 5.21. The molecule has 3 aliphatic rings. The van der Waals surface area contributed by atoms with E-state index in [1.165, 1.54) is 17.7 Å². The molecule has 3 amide bonds. The van der Waals surface area contributed by atoms with Gasteiger partial charge in [-0.05, 0) is 50.0 Å². The minimum atomic E-state index is -0.692. The van der Waals surface area contributed by atoms with Crippen LogP contribution in [0.5, 0.6) is 0 Å². The molecule has 2 heterocycles. The third-order valence-electron chi connectivity index (χ3n) is 7.11. The number of likely N-dealkylation sites (tertiary alicyclic amines) is 1. The van der Waals surface area contributed by atoms with Crippen molar-refractivity contribution < 1.29 is 14.3 Å². The van der Waals surface area contributed by atoms with Crippen LogP contribution in [-0.2, 0) is 16.1 Å². The Morgan fingerprint density at radius 1 is 1.10 bits per heavy atom. The fourth-order valence-corrected chi connectivity index (χ4v) is 5.34. The molecular formula is C25H35N3O3. The van der Waals surface area contributed by atoms with Gasteiger partial charge in [0.2, 0.25) is 0 Å². The smallest absolute Gasteiger partial charge is 0.327 e. The fourth-order valence-electron chi connectivity index (χ4n) is 5.34. The Balaban J connectivity index is 1.47. The van der Waals surface area contributed by atoms with E-state index in [0.717, 1.165) is 50.9 Å². The lowest BCUT2D eigenvalue weighted by atomic mass is 9.84. The number of urea groups is 1. The molecule has 6 heteroatoms. The van der Waals surface area contributed by atoms with E-state index in [1.807, 2.05) is 35.2 Å². The molecule has 2 aliphatic heterocycles. The van der Waals surface area contributed by atoms with E-state index in [4.69, 9.17) is 4.74 Å². The molecule has 4 rings (SSSR count). The van der Waals surface area contributed by atoms with E-state index in [0.29, 0.717) is 25.6 Å². The number of ether oxygens (including phenoxy) is 1. The van der Waals surface area contributed by atoms with E-state index in [2.05, 4.69) is 17.1 Å². The van der Waals surface area contributed by atoms with Crippen molar-refractivity contribution in [2.24, 2.45) is 5.92 Å². The van der Waals surface area contributed by atoms with Crippen LogP contribution in [-0.4, -0.2) is 72.1 Å². The summed E-state index contributed by atoms with van der Waals surface area (Å²) in [4.78, 5) is 32.8. The summed E-state index contributed by atoms with van der Waals surface area (Å²) >= 11 is 0. The highest BCUT2D eigenvalue weighted by atomic mass is 16.5. The highest BCUT2D eigenvalue weighted by Crippen LogP contribution is 2.38. The first kappa shape index (κ1) is 22.0. The molecule has 0 saturated carbocycles. The summed E-state index contributed by atoms with van der Waals surface area (Å²) in [6.45, 7) is 4.35. The molecule has 2 saturated heterocycles. The van der Waals surface area contributed by atoms with Crippen molar-refractivity contribution in [1.82, 2.24) is 14.7 Å². The highest BCUT2D eigenvalue weighted by molar-refractivity contribution is 6.07. The maximum atomic E-state index is 13.6. The van der Waals surface area contributed by atoms with Gasteiger partial charge in [0.1, 0.15) is 5.54 Å². The monoisotopic (exact) mass is 425 g/mol. The minimum Gasteiger partial charge on any atom is -0.385 e. The first-order chi connectivity index (χ1) is 15.1. The maximum Gasteiger partial charge on any atom is 0.327 e. The Labute approximate surface area is 185 Å². The van der Waals surface area contributed by atoms with Gasteiger partial charge in [-0.15, -0.1) is 0 Å². The van der Waals surface area contributed by atoms with E-state index >= 15 is 0 Å². The molecule has 31 heavy (non-hydrogen) atoms. The molecular weight excluding hydrogens is 390 g/mol. The van der Waals surface area contributed by atoms with Crippen molar-refractivity contribution in [3.63, 3.8) is 0 Å². The minimum absolute atomic E-state index is 0.0148. The molecule has 1 atom stereocenters. The van der Waals surface area contributed by atoms with Crippen molar-refractivity contribution in [3.8, 4) is 0 Å². The van der Waals surface area contributed by atoms with Crippen LogP contribution in [0.3, 0.4) is 0 Å². The van der Waals surface area contributed by atoms with E-state index < -0.39 is 5.54 Å². The molecule has 2 fully saturated rings. The molecule has 1 spiro atoms. The molecule has 1 unspecified atom stereocenters. The van der Waals surface area contributed by atoms with Gasteiger partial charge in [-0.1, -0.05) is 42.5 Å². The predicted molar refractivity (Wildman–Crippen MR) is 120 cm³/mol. The molecule has 0 N–H and O–H groups in total. The second-order valence-electron chi connectivity index (χ2n) is 9.14. The molecule has 1 aromatic carbocycles. The maximum absolute atomic E-state index is 13.6. The zero-order valence-corrected chi connectivity index (χ0v) is 18.7. The van der Waals surface area contributed by atoms with Crippen molar-refractivity contribution in [1.29, 1.82) is 0 Å². The summed E-state index contributed by atoms with van der Waals surface area (Å²) in [5, 5.41) is 0. The number of allylic oxidation sites excluding steroid dienone is 2. The van der Waals surface area contributed by atoms with Crippen molar-refractivity contribution in [2.45, 2.75) is 50.6 Å². The van der Waals surface area contributed by atoms with Crippen LogP contribution in [0.1, 0.15) is 44.1 Å². The van der Waals surface area contributed by atoms with Gasteiger partial charge in [0, 0.05) is 39.9 Å². The van der Waals surface area contributed by atoms with Crippen LogP contribution in [0, 0.1) is 5.92 Å². The molecule has 1 aliphatic carbocycles. The van der Waals surface area contributed by atoms with Crippen molar-refractivity contribution in [2.75, 3.05) is 39.9 Å². The van der Waals surface area contributed by atoms with Crippen molar-refractivity contribution in [3.05, 3.63) is 48.0 Å². The van der Waals surface area contributed by atoms with Crippen LogP contribution >= 0.6 is 0 Å². The molecule has 0 bridgehead atoms. The van der Waals surface area contributed by atoms with Crippen molar-refractivity contribution >= 4 is 11.9 Å². The number of amides is 3. The summed E-state index contributed by atoms with van der Waals surface area (Å²) in [7, 11) is 1.67. The van der Waals surface area contributed by atoms with Crippen LogP contribution in [0.4, 0.5) is 4.79 Å². The van der Waals surface area contributed by atoms with Crippen LogP contribution in [0.15, 0.2) is 42.5 Å². The number of benzene rings is 1. The van der Waals surface area contributed by atoms with Gasteiger partial charge in [0.25, 0.3) is 5.91 Å². The quantitative estimate of drug-likeness (QED) is 0.362. The van der Waals surface area contributed by atoms with Gasteiger partial charge in [0.15, 0.2) is 0 Å². The Hall–Kier alpha value is -2.18. The number of nitrogens with zero attached hydrogens (tertiary/aromatic N) is 3. The number of rotatable bonds is 8. The fraction of sp³-hybridized carbons (Fsp3) is 0.600. The molecule has 0 radical (unpaired) electrons. The second kappa shape index (κ2) is 9.96. The first-order valence-corrected chi connectivity index (χ1v) is 11.7. The number of hydrogen-bond donors (Lipinski definition) is 0. The molecule has 0 aromatic heterocycles. The zero-order chi connectivity index (χ0) is 21.7. The molecule has 168 valence electrons. The zero-order valence-electron chi connectivity index (χ0n) is 18.7. The summed E-state index contributed by atoms with van der Waals surface area (Å²) in [6.07, 6.45) is 10.4. The van der Waals surface area contributed by atoms with Gasteiger partial charge < -0.3 is 14.5 Å². The van der Waals surface area contributed by atoms with E-state index in [-0.39, 0.29) is 11.9 Å². The number of piperidine rings is 1. The van der Waals surface area contributed by atoms with Gasteiger partial charge in [-0.25, -0.2) is 4.79 Å². The Morgan fingerprint density at radius 3 is 2.55 bits per heavy atom. The molecule has 6 nitrogen and oxygen atoms in total. The highest BCUT2D eigenvalue weighted by Gasteiger charge is 2.57. The number of methoxy groups -OCH3 is 1. The first-order valence-electron chi connectivity index (χ1n) is 11.7. The lowest BCUT2D eigenvalue weighted by Crippen LogP contribution is -2.57. The average molecular weight is 426 g/mol. The Bertz CT molecular complexity index is 786. The normalized spacial score (nSPS) is 23.8. The number of carbonyl (C=O) groups is 2. The van der Waals surface area contributed by atoms with Gasteiger partial charge in [0.05, 0.1) is 6.54 Å². The van der Waals surface area contributed by atoms with Crippen LogP contribution < -0.4 is 0 Å². The van der Waals surface area contributed by atoms with E-state index in [1.54, 1.807) is 7.11 Å². The Kier molecular flexibility index (Phi) is 7.08. The third-order valence-corrected chi connectivity index (χ3v) is 7.11. The SMILES string of the molecule is COCCCN1C(=O)N(Cc2ccccc2)C(=O)C12CCN(CC1CC=CCC1)CC2. The van der Waals surface area contributed by atoms with Gasteiger partial charge >= 0.3 is 6.03 Å². The summed E-state index contributed by atoms with van der Waals surface area (Å²) in [6, 6.07) is 9.66. The number of hydrogen-bond acceptors (Lipinski definition) is 4. The molecule has 1 aromatic rings. The number of imide groups is 1. The lowest BCUT2D eigenvalue weighted by molar-refractivity contribution is -0.136. The average Bonchev–Trinajstić information content (AvgIpc) is 2.99. The lowest BCUT2D eigenvalue weighted by Gasteiger charge is -2.43. The summed E-state index contributed by atoms with van der Waals surface area (Å²) in [5.41, 5.74) is 0.295. The topological polar surface area (TPSA) is 53.1 Å². The Morgan fingerprint density at radius 2 is 1.87 bits per heavy atom. The summed E-state index contributed by atoms with van der Waals surface area (Å²) in [5.74, 6) is 0.700. The van der Waals surface area contributed by atoms with Crippen LogP contribution in [0.25, 0.3) is 0 Å². The van der Waals surface area contributed by atoms with Gasteiger partial charge in [-0.3, -0.25) is 9.69 Å². The van der Waals surface area contributed by atoms with Gasteiger partial charge in [-0.2, -0.15) is 0 Å². The standard InChI is InChI=1S/C25H35N3O3/c1-31-18-8-15-28-24(30)27(20-22-11-6-3-7-12-22)23(29)25(28)13-16-26(17-14-25)19-21-9-4-2-5-10-21/h2-4,6-7,11-12,21H,5,8-10,13-20H2,1H3.